The van der Waals surface area contributed by atoms with Gasteiger partial charge >= 0.3 is 6.09 Å². The van der Waals surface area contributed by atoms with Gasteiger partial charge in [0.05, 0.1) is 12.6 Å². The molecule has 0 spiro atoms. The van der Waals surface area contributed by atoms with Gasteiger partial charge in [-0.25, -0.2) is 4.79 Å². The van der Waals surface area contributed by atoms with Gasteiger partial charge < -0.3 is 20.3 Å². The zero-order valence-electron chi connectivity index (χ0n) is 11.6. The summed E-state index contributed by atoms with van der Waals surface area (Å²) in [5, 5.41) is 0. The fourth-order valence-electron chi connectivity index (χ4n) is 1.90. The Bertz CT molecular complexity index is 325. The number of amides is 2. The van der Waals surface area contributed by atoms with Crippen LogP contribution in [0.4, 0.5) is 4.79 Å². The number of carbonyl (C=O) groups is 2. The van der Waals surface area contributed by atoms with Gasteiger partial charge in [-0.05, 0) is 27.2 Å². The van der Waals surface area contributed by atoms with Gasteiger partial charge in [-0.1, -0.05) is 0 Å². The molecule has 1 atom stereocenters. The predicted octanol–water partition coefficient (Wildman–Crippen LogP) is 0.413. The smallest absolute Gasteiger partial charge is 0.410 e. The first-order valence-electron chi connectivity index (χ1n) is 6.18. The lowest BCUT2D eigenvalue weighted by molar-refractivity contribution is -0.128. The van der Waals surface area contributed by atoms with Crippen molar-refractivity contribution in [1.29, 1.82) is 0 Å². The van der Waals surface area contributed by atoms with Crippen LogP contribution in [0.25, 0.3) is 0 Å². The third-order valence-electron chi connectivity index (χ3n) is 2.92. The first-order chi connectivity index (χ1) is 8.24. The van der Waals surface area contributed by atoms with Gasteiger partial charge in [-0.15, -0.1) is 0 Å². The largest absolute Gasteiger partial charge is 0.444 e. The standard InChI is InChI=1S/C12H23N3O3/c1-12(2,3)18-11(17)14(4)9-5-6-15(8-9)10(16)7-13/h9H,5-8,13H2,1-4H3/t9-/m1/s1. The number of nitrogens with two attached hydrogens (primary N) is 1. The van der Waals surface area contributed by atoms with Gasteiger partial charge in [0.15, 0.2) is 0 Å². The van der Waals surface area contributed by atoms with Crippen LogP contribution in [-0.2, 0) is 9.53 Å². The molecule has 0 unspecified atom stereocenters. The van der Waals surface area contributed by atoms with E-state index in [1.807, 2.05) is 20.8 Å². The zero-order chi connectivity index (χ0) is 13.9. The number of likely N-dealkylation sites (tertiary alicyclic amines) is 1. The van der Waals surface area contributed by atoms with Crippen molar-refractivity contribution in [3.05, 3.63) is 0 Å². The molecule has 6 nitrogen and oxygen atoms in total. The summed E-state index contributed by atoms with van der Waals surface area (Å²) in [4.78, 5) is 26.6. The molecule has 1 saturated heterocycles. The Hall–Kier alpha value is -1.30. The molecule has 104 valence electrons. The monoisotopic (exact) mass is 257 g/mol. The molecule has 1 aliphatic heterocycles. The van der Waals surface area contributed by atoms with Crippen molar-refractivity contribution in [3.63, 3.8) is 0 Å². The molecule has 0 aromatic rings. The van der Waals surface area contributed by atoms with Crippen LogP contribution < -0.4 is 5.73 Å². The average molecular weight is 257 g/mol. The van der Waals surface area contributed by atoms with Gasteiger partial charge in [0, 0.05) is 20.1 Å². The number of rotatable bonds is 2. The molecule has 1 rings (SSSR count). The minimum atomic E-state index is -0.503. The molecule has 0 bridgehead atoms. The SMILES string of the molecule is CN(C(=O)OC(C)(C)C)[C@@H]1CCN(C(=O)CN)C1. The fraction of sp³-hybridized carbons (Fsp3) is 0.833. The lowest BCUT2D eigenvalue weighted by Gasteiger charge is -2.28. The van der Waals surface area contributed by atoms with E-state index in [1.165, 1.54) is 0 Å². The first kappa shape index (κ1) is 14.8. The summed E-state index contributed by atoms with van der Waals surface area (Å²) in [6.07, 6.45) is 0.413. The van der Waals surface area contributed by atoms with Gasteiger partial charge in [-0.3, -0.25) is 4.79 Å². The second-order valence-electron chi connectivity index (χ2n) is 5.58. The Balaban J connectivity index is 2.52. The molecule has 18 heavy (non-hydrogen) atoms. The molecule has 0 radical (unpaired) electrons. The summed E-state index contributed by atoms with van der Waals surface area (Å²) in [7, 11) is 1.70. The molecule has 1 heterocycles. The third-order valence-corrected chi connectivity index (χ3v) is 2.92. The number of ether oxygens (including phenoxy) is 1. The highest BCUT2D eigenvalue weighted by Crippen LogP contribution is 2.17. The number of hydrogen-bond acceptors (Lipinski definition) is 4. The summed E-state index contributed by atoms with van der Waals surface area (Å²) >= 11 is 0. The highest BCUT2D eigenvalue weighted by molar-refractivity contribution is 5.78. The molecule has 2 N–H and O–H groups in total. The van der Waals surface area contributed by atoms with Crippen molar-refractivity contribution < 1.29 is 14.3 Å². The third kappa shape index (κ3) is 3.87. The van der Waals surface area contributed by atoms with Crippen LogP contribution in [0.15, 0.2) is 0 Å². The summed E-state index contributed by atoms with van der Waals surface area (Å²) in [5.74, 6) is -0.0740. The Labute approximate surface area is 108 Å². The summed E-state index contributed by atoms with van der Waals surface area (Å²) in [6, 6.07) is 0.00958. The highest BCUT2D eigenvalue weighted by atomic mass is 16.6. The normalized spacial score (nSPS) is 19.8. The van der Waals surface area contributed by atoms with E-state index in [0.717, 1.165) is 6.42 Å². The second-order valence-corrected chi connectivity index (χ2v) is 5.58. The van der Waals surface area contributed by atoms with Crippen LogP contribution in [-0.4, -0.2) is 60.1 Å². The van der Waals surface area contributed by atoms with Crippen LogP contribution in [0, 0.1) is 0 Å². The van der Waals surface area contributed by atoms with Crippen molar-refractivity contribution in [3.8, 4) is 0 Å². The predicted molar refractivity (Wildman–Crippen MR) is 68.0 cm³/mol. The van der Waals surface area contributed by atoms with E-state index >= 15 is 0 Å². The quantitative estimate of drug-likeness (QED) is 0.777. The molecule has 1 aliphatic rings. The van der Waals surface area contributed by atoms with Gasteiger partial charge in [0.2, 0.25) is 5.91 Å². The molecule has 0 aliphatic carbocycles. The van der Waals surface area contributed by atoms with E-state index < -0.39 is 5.60 Å². The maximum Gasteiger partial charge on any atom is 0.410 e. The molecule has 6 heteroatoms. The summed E-state index contributed by atoms with van der Waals surface area (Å²) < 4.78 is 5.29. The second kappa shape index (κ2) is 5.56. The van der Waals surface area contributed by atoms with E-state index in [1.54, 1.807) is 16.8 Å². The van der Waals surface area contributed by atoms with Gasteiger partial charge in [0.1, 0.15) is 5.60 Å². The van der Waals surface area contributed by atoms with E-state index in [0.29, 0.717) is 13.1 Å². The van der Waals surface area contributed by atoms with Crippen molar-refractivity contribution in [2.75, 3.05) is 26.7 Å². The topological polar surface area (TPSA) is 75.9 Å². The molecule has 0 saturated carbocycles. The molecule has 0 aromatic carbocycles. The van der Waals surface area contributed by atoms with Gasteiger partial charge in [0.25, 0.3) is 0 Å². The minimum absolute atomic E-state index is 0.00958. The lowest BCUT2D eigenvalue weighted by Crippen LogP contribution is -2.43. The van der Waals surface area contributed by atoms with Crippen LogP contribution in [0.3, 0.4) is 0 Å². The van der Waals surface area contributed by atoms with Crippen LogP contribution in [0.5, 0.6) is 0 Å². The van der Waals surface area contributed by atoms with Crippen molar-refractivity contribution in [2.24, 2.45) is 5.73 Å². The van der Waals surface area contributed by atoms with Crippen LogP contribution >= 0.6 is 0 Å². The van der Waals surface area contributed by atoms with E-state index in [2.05, 4.69) is 0 Å². The number of nitrogens with zero attached hydrogens (tertiary/aromatic N) is 2. The molecular weight excluding hydrogens is 234 g/mol. The van der Waals surface area contributed by atoms with Gasteiger partial charge in [-0.2, -0.15) is 0 Å². The molecule has 0 aromatic heterocycles. The first-order valence-corrected chi connectivity index (χ1v) is 6.18. The van der Waals surface area contributed by atoms with E-state index in [-0.39, 0.29) is 24.6 Å². The van der Waals surface area contributed by atoms with Crippen molar-refractivity contribution in [1.82, 2.24) is 9.80 Å². The maximum atomic E-state index is 11.9. The Kier molecular flexibility index (Phi) is 4.56. The lowest BCUT2D eigenvalue weighted by atomic mass is 10.2. The molecule has 1 fully saturated rings. The van der Waals surface area contributed by atoms with Crippen LogP contribution in [0.2, 0.25) is 0 Å². The Morgan fingerprint density at radius 3 is 2.56 bits per heavy atom. The molecular formula is C12H23N3O3. The van der Waals surface area contributed by atoms with Crippen molar-refractivity contribution >= 4 is 12.0 Å². The highest BCUT2D eigenvalue weighted by Gasteiger charge is 2.32. The Morgan fingerprint density at radius 2 is 2.06 bits per heavy atom. The summed E-state index contributed by atoms with van der Waals surface area (Å²) in [6.45, 7) is 6.69. The fourth-order valence-corrected chi connectivity index (χ4v) is 1.90. The zero-order valence-corrected chi connectivity index (χ0v) is 11.6. The Morgan fingerprint density at radius 1 is 1.44 bits per heavy atom. The number of carbonyl (C=O) groups excluding carboxylic acids is 2. The molecule has 2 amide bonds. The number of hydrogen-bond donors (Lipinski definition) is 1. The maximum absolute atomic E-state index is 11.9. The minimum Gasteiger partial charge on any atom is -0.444 e. The van der Waals surface area contributed by atoms with E-state index in [4.69, 9.17) is 10.5 Å². The van der Waals surface area contributed by atoms with Crippen molar-refractivity contribution in [2.45, 2.75) is 38.8 Å². The number of likely N-dealkylation sites (N-methyl/N-ethyl adjacent to an activating group) is 1. The average Bonchev–Trinajstić information content (AvgIpc) is 2.73. The van der Waals surface area contributed by atoms with Crippen LogP contribution in [0.1, 0.15) is 27.2 Å². The summed E-state index contributed by atoms with van der Waals surface area (Å²) in [5.41, 5.74) is 4.82. The van der Waals surface area contributed by atoms with E-state index in [9.17, 15) is 9.59 Å².